The number of rotatable bonds is 3. The number of aromatic carboxylic acids is 1. The van der Waals surface area contributed by atoms with Gasteiger partial charge in [-0.15, -0.1) is 5.10 Å². The summed E-state index contributed by atoms with van der Waals surface area (Å²) in [4.78, 5) is 28.0. The van der Waals surface area contributed by atoms with E-state index in [0.717, 1.165) is 0 Å². The maximum Gasteiger partial charge on any atom is 0.358 e. The Morgan fingerprint density at radius 2 is 2.20 bits per heavy atom. The van der Waals surface area contributed by atoms with Gasteiger partial charge in [-0.2, -0.15) is 4.98 Å². The van der Waals surface area contributed by atoms with E-state index in [1.807, 2.05) is 0 Å². The van der Waals surface area contributed by atoms with E-state index in [1.54, 1.807) is 6.92 Å². The molecule has 0 bridgehead atoms. The number of likely N-dealkylation sites (tertiary alicyclic amines) is 1. The van der Waals surface area contributed by atoms with Gasteiger partial charge in [0.05, 0.1) is 12.2 Å². The van der Waals surface area contributed by atoms with E-state index in [-0.39, 0.29) is 23.5 Å². The van der Waals surface area contributed by atoms with Gasteiger partial charge in [0, 0.05) is 20.0 Å². The Kier molecular flexibility index (Phi) is 2.70. The highest BCUT2D eigenvalue weighted by Gasteiger charge is 2.35. The zero-order valence-electron chi connectivity index (χ0n) is 10.4. The zero-order chi connectivity index (χ0) is 14.3. The number of hydrogen-bond donors (Lipinski definition) is 1. The molecule has 0 aromatic carbocycles. The van der Waals surface area contributed by atoms with Crippen LogP contribution >= 0.6 is 0 Å². The topological polar surface area (TPSA) is 127 Å². The van der Waals surface area contributed by atoms with Gasteiger partial charge in [0.15, 0.2) is 5.69 Å². The van der Waals surface area contributed by atoms with Gasteiger partial charge in [-0.25, -0.2) is 9.48 Å². The minimum absolute atomic E-state index is 0.0192. The Morgan fingerprint density at radius 3 is 2.75 bits per heavy atom. The van der Waals surface area contributed by atoms with Crippen LogP contribution in [0.1, 0.15) is 33.0 Å². The molecule has 1 N–H and O–H groups in total. The predicted molar refractivity (Wildman–Crippen MR) is 61.0 cm³/mol. The monoisotopic (exact) mass is 278 g/mol. The summed E-state index contributed by atoms with van der Waals surface area (Å²) >= 11 is 0. The van der Waals surface area contributed by atoms with E-state index in [0.29, 0.717) is 19.0 Å². The van der Waals surface area contributed by atoms with Crippen molar-refractivity contribution in [3.8, 4) is 0 Å². The molecule has 0 spiro atoms. The number of carbonyl (C=O) groups is 2. The van der Waals surface area contributed by atoms with Crippen molar-refractivity contribution in [2.75, 3.05) is 13.1 Å². The minimum Gasteiger partial charge on any atom is -0.476 e. The molecule has 0 saturated carbocycles. The van der Waals surface area contributed by atoms with Crippen LogP contribution in [0.5, 0.6) is 0 Å². The third-order valence-electron chi connectivity index (χ3n) is 2.97. The summed E-state index contributed by atoms with van der Waals surface area (Å²) < 4.78 is 6.18. The molecule has 1 saturated heterocycles. The zero-order valence-corrected chi connectivity index (χ0v) is 10.4. The molecule has 1 amide bonds. The van der Waals surface area contributed by atoms with Crippen LogP contribution in [0, 0.1) is 6.92 Å². The Labute approximate surface area is 112 Å². The van der Waals surface area contributed by atoms with Crippen LogP contribution in [-0.2, 0) is 0 Å². The number of aryl methyl sites for hydroxylation is 1. The van der Waals surface area contributed by atoms with Crippen molar-refractivity contribution in [2.45, 2.75) is 13.0 Å². The lowest BCUT2D eigenvalue weighted by molar-refractivity contribution is 0.0482. The summed E-state index contributed by atoms with van der Waals surface area (Å²) in [5.74, 6) is -1.11. The Bertz CT molecular complexity index is 671. The van der Waals surface area contributed by atoms with Gasteiger partial charge >= 0.3 is 5.97 Å². The van der Waals surface area contributed by atoms with Crippen molar-refractivity contribution in [2.24, 2.45) is 0 Å². The van der Waals surface area contributed by atoms with Crippen LogP contribution in [0.15, 0.2) is 10.7 Å². The molecule has 1 aliphatic rings. The summed E-state index contributed by atoms with van der Waals surface area (Å²) in [6.07, 6.45) is 1.34. The van der Waals surface area contributed by atoms with Gasteiger partial charge < -0.3 is 14.5 Å². The molecule has 10 nitrogen and oxygen atoms in total. The molecule has 2 aromatic heterocycles. The van der Waals surface area contributed by atoms with Crippen LogP contribution in [0.25, 0.3) is 0 Å². The average Bonchev–Trinajstić information content (AvgIpc) is 2.96. The van der Waals surface area contributed by atoms with Gasteiger partial charge in [-0.05, 0) is 0 Å². The third-order valence-corrected chi connectivity index (χ3v) is 2.97. The molecule has 1 aliphatic heterocycles. The van der Waals surface area contributed by atoms with Gasteiger partial charge in [-0.3, -0.25) is 4.79 Å². The second kappa shape index (κ2) is 4.40. The van der Waals surface area contributed by atoms with Crippen molar-refractivity contribution in [3.05, 3.63) is 23.6 Å². The number of aromatic nitrogens is 5. The quantitative estimate of drug-likeness (QED) is 0.785. The van der Waals surface area contributed by atoms with Crippen LogP contribution < -0.4 is 0 Å². The van der Waals surface area contributed by atoms with Crippen molar-refractivity contribution >= 4 is 11.9 Å². The number of carboxylic acid groups (broad SMARTS) is 1. The molecule has 0 unspecified atom stereocenters. The molecule has 104 valence electrons. The molecular weight excluding hydrogens is 268 g/mol. The SMILES string of the molecule is Cc1nc(C(=O)N2CC(n3cc(C(=O)O)nn3)C2)no1. The Hall–Kier alpha value is -2.78. The lowest BCUT2D eigenvalue weighted by Crippen LogP contribution is -2.51. The van der Waals surface area contributed by atoms with Gasteiger partial charge in [-0.1, -0.05) is 10.4 Å². The first-order valence-corrected chi connectivity index (χ1v) is 5.79. The fraction of sp³-hybridized carbons (Fsp3) is 0.400. The van der Waals surface area contributed by atoms with E-state index in [1.165, 1.54) is 15.8 Å². The molecule has 10 heteroatoms. The van der Waals surface area contributed by atoms with Gasteiger partial charge in [0.1, 0.15) is 0 Å². The van der Waals surface area contributed by atoms with E-state index < -0.39 is 5.97 Å². The van der Waals surface area contributed by atoms with Crippen molar-refractivity contribution < 1.29 is 19.2 Å². The van der Waals surface area contributed by atoms with E-state index in [4.69, 9.17) is 9.63 Å². The smallest absolute Gasteiger partial charge is 0.358 e. The molecule has 0 radical (unpaired) electrons. The third kappa shape index (κ3) is 2.00. The molecule has 0 aliphatic carbocycles. The highest BCUT2D eigenvalue weighted by molar-refractivity contribution is 5.91. The highest BCUT2D eigenvalue weighted by Crippen LogP contribution is 2.21. The lowest BCUT2D eigenvalue weighted by Gasteiger charge is -2.37. The van der Waals surface area contributed by atoms with E-state index >= 15 is 0 Å². The standard InChI is InChI=1S/C10H10N6O4/c1-5-11-8(13-20-5)9(17)15-2-6(3-15)16-4-7(10(18)19)12-14-16/h4,6H,2-3H2,1H3,(H,18,19). The number of carboxylic acids is 1. The second-order valence-electron chi connectivity index (χ2n) is 4.39. The maximum atomic E-state index is 11.9. The fourth-order valence-corrected chi connectivity index (χ4v) is 1.87. The first-order valence-electron chi connectivity index (χ1n) is 5.79. The number of carbonyl (C=O) groups excluding carboxylic acids is 1. The summed E-state index contributed by atoms with van der Waals surface area (Å²) in [5, 5.41) is 19.6. The van der Waals surface area contributed by atoms with Crippen LogP contribution in [-0.4, -0.2) is 60.1 Å². The highest BCUT2D eigenvalue weighted by atomic mass is 16.5. The number of hydrogen-bond acceptors (Lipinski definition) is 7. The summed E-state index contributed by atoms with van der Waals surface area (Å²) in [5.41, 5.74) is -0.122. The first-order chi connectivity index (χ1) is 9.54. The molecule has 3 rings (SSSR count). The van der Waals surface area contributed by atoms with Crippen molar-refractivity contribution in [1.29, 1.82) is 0 Å². The van der Waals surface area contributed by atoms with E-state index in [2.05, 4.69) is 20.5 Å². The Balaban J connectivity index is 1.63. The molecular formula is C10H10N6O4. The molecule has 1 fully saturated rings. The molecule has 0 atom stereocenters. The molecule has 3 heterocycles. The summed E-state index contributed by atoms with van der Waals surface area (Å²) in [6, 6.07) is -0.0902. The molecule has 20 heavy (non-hydrogen) atoms. The number of nitrogens with zero attached hydrogens (tertiary/aromatic N) is 6. The van der Waals surface area contributed by atoms with Crippen LogP contribution in [0.3, 0.4) is 0 Å². The fourth-order valence-electron chi connectivity index (χ4n) is 1.87. The summed E-state index contributed by atoms with van der Waals surface area (Å²) in [7, 11) is 0. The van der Waals surface area contributed by atoms with Crippen molar-refractivity contribution in [3.63, 3.8) is 0 Å². The van der Waals surface area contributed by atoms with Gasteiger partial charge in [0.2, 0.25) is 5.89 Å². The minimum atomic E-state index is -1.13. The number of amides is 1. The molecule has 2 aromatic rings. The second-order valence-corrected chi connectivity index (χ2v) is 4.39. The largest absolute Gasteiger partial charge is 0.476 e. The normalized spacial score (nSPS) is 15.2. The van der Waals surface area contributed by atoms with Crippen molar-refractivity contribution in [1.82, 2.24) is 30.0 Å². The maximum absolute atomic E-state index is 11.9. The first kappa shape index (κ1) is 12.3. The van der Waals surface area contributed by atoms with Crippen LogP contribution in [0.4, 0.5) is 0 Å². The Morgan fingerprint density at radius 1 is 1.45 bits per heavy atom. The van der Waals surface area contributed by atoms with E-state index in [9.17, 15) is 9.59 Å². The summed E-state index contributed by atoms with van der Waals surface area (Å²) in [6.45, 7) is 2.40. The van der Waals surface area contributed by atoms with Crippen LogP contribution in [0.2, 0.25) is 0 Å². The van der Waals surface area contributed by atoms with Gasteiger partial charge in [0.25, 0.3) is 11.7 Å². The average molecular weight is 278 g/mol. The lowest BCUT2D eigenvalue weighted by atomic mass is 10.1. The predicted octanol–water partition coefficient (Wildman–Crippen LogP) is -0.635.